The van der Waals surface area contributed by atoms with Gasteiger partial charge < -0.3 is 10.0 Å². The van der Waals surface area contributed by atoms with Gasteiger partial charge in [0.25, 0.3) is 0 Å². The van der Waals surface area contributed by atoms with Crippen molar-refractivity contribution in [3.05, 3.63) is 53.9 Å². The van der Waals surface area contributed by atoms with Crippen LogP contribution in [-0.2, 0) is 4.79 Å². The average molecular weight is 395 g/mol. The number of aryl methyl sites for hydroxylation is 1. The number of aromatic amines is 1. The Morgan fingerprint density at radius 3 is 2.76 bits per heavy atom. The number of benzene rings is 1. The highest BCUT2D eigenvalue weighted by molar-refractivity contribution is 5.81. The standard InChI is InChI=1S/C21H22FN5O2/c1-13-10-15(2-3-16(13)22)21-19(17-4-7-23-12-24-17)20(25-26-21)14-5-8-27(9-6-14)18(29)11-28/h2-4,7,10,12,14,28H,5-6,8-9,11H2,1H3,(H,25,26). The van der Waals surface area contributed by atoms with Gasteiger partial charge in [0, 0.05) is 42.0 Å². The molecule has 8 heteroatoms. The molecule has 1 aliphatic rings. The Morgan fingerprint density at radius 1 is 1.31 bits per heavy atom. The summed E-state index contributed by atoms with van der Waals surface area (Å²) in [5.74, 6) is -0.328. The Balaban J connectivity index is 1.73. The van der Waals surface area contributed by atoms with Gasteiger partial charge in [-0.1, -0.05) is 0 Å². The Hall–Kier alpha value is -3.13. The van der Waals surface area contributed by atoms with Crippen LogP contribution in [0.1, 0.15) is 30.0 Å². The molecular weight excluding hydrogens is 373 g/mol. The predicted molar refractivity (Wildman–Crippen MR) is 105 cm³/mol. The summed E-state index contributed by atoms with van der Waals surface area (Å²) in [7, 11) is 0. The zero-order valence-electron chi connectivity index (χ0n) is 16.1. The summed E-state index contributed by atoms with van der Waals surface area (Å²) >= 11 is 0. The van der Waals surface area contributed by atoms with E-state index in [1.165, 1.54) is 12.4 Å². The van der Waals surface area contributed by atoms with Crippen LogP contribution in [0, 0.1) is 12.7 Å². The van der Waals surface area contributed by atoms with Crippen LogP contribution in [0.3, 0.4) is 0 Å². The first-order valence-electron chi connectivity index (χ1n) is 9.58. The topological polar surface area (TPSA) is 95.0 Å². The van der Waals surface area contributed by atoms with Crippen molar-refractivity contribution >= 4 is 5.91 Å². The van der Waals surface area contributed by atoms with E-state index in [9.17, 15) is 9.18 Å². The number of aliphatic hydroxyl groups is 1. The van der Waals surface area contributed by atoms with Crippen molar-refractivity contribution in [3.63, 3.8) is 0 Å². The van der Waals surface area contributed by atoms with Gasteiger partial charge in [0.2, 0.25) is 5.91 Å². The lowest BCUT2D eigenvalue weighted by atomic mass is 9.88. The zero-order chi connectivity index (χ0) is 20.4. The van der Waals surface area contributed by atoms with Crippen LogP contribution in [-0.4, -0.2) is 55.8 Å². The predicted octanol–water partition coefficient (Wildman–Crippen LogP) is 2.68. The highest BCUT2D eigenvalue weighted by Gasteiger charge is 2.29. The smallest absolute Gasteiger partial charge is 0.248 e. The maximum absolute atomic E-state index is 13.8. The summed E-state index contributed by atoms with van der Waals surface area (Å²) in [6.45, 7) is 2.42. The van der Waals surface area contributed by atoms with Crippen LogP contribution < -0.4 is 0 Å². The maximum Gasteiger partial charge on any atom is 0.248 e. The minimum Gasteiger partial charge on any atom is -0.387 e. The summed E-state index contributed by atoms with van der Waals surface area (Å²) < 4.78 is 13.8. The van der Waals surface area contributed by atoms with Crippen LogP contribution in [0.4, 0.5) is 4.39 Å². The molecule has 4 rings (SSSR count). The lowest BCUT2D eigenvalue weighted by Crippen LogP contribution is -2.39. The summed E-state index contributed by atoms with van der Waals surface area (Å²) in [4.78, 5) is 21.9. The number of nitrogens with zero attached hydrogens (tertiary/aromatic N) is 4. The largest absolute Gasteiger partial charge is 0.387 e. The van der Waals surface area contributed by atoms with E-state index < -0.39 is 6.61 Å². The summed E-state index contributed by atoms with van der Waals surface area (Å²) in [5, 5.41) is 16.8. The second-order valence-corrected chi connectivity index (χ2v) is 7.23. The molecule has 0 radical (unpaired) electrons. The van der Waals surface area contributed by atoms with E-state index in [2.05, 4.69) is 20.2 Å². The summed E-state index contributed by atoms with van der Waals surface area (Å²) in [6, 6.07) is 6.78. The lowest BCUT2D eigenvalue weighted by Gasteiger charge is -2.31. The average Bonchev–Trinajstić information content (AvgIpc) is 3.21. The van der Waals surface area contributed by atoms with Gasteiger partial charge in [-0.3, -0.25) is 9.89 Å². The van der Waals surface area contributed by atoms with Gasteiger partial charge in [0.05, 0.1) is 5.69 Å². The van der Waals surface area contributed by atoms with Crippen molar-refractivity contribution in [2.45, 2.75) is 25.7 Å². The molecule has 7 nitrogen and oxygen atoms in total. The molecular formula is C21H22FN5O2. The van der Waals surface area contributed by atoms with E-state index in [1.54, 1.807) is 30.2 Å². The molecule has 3 heterocycles. The summed E-state index contributed by atoms with van der Waals surface area (Å²) in [6.07, 6.45) is 4.69. The van der Waals surface area contributed by atoms with Crippen molar-refractivity contribution < 1.29 is 14.3 Å². The Labute approximate surface area is 167 Å². The number of aliphatic hydroxyl groups excluding tert-OH is 1. The Bertz CT molecular complexity index is 1010. The third-order valence-electron chi connectivity index (χ3n) is 5.45. The third-order valence-corrected chi connectivity index (χ3v) is 5.45. The van der Waals surface area contributed by atoms with Crippen molar-refractivity contribution in [1.29, 1.82) is 0 Å². The molecule has 150 valence electrons. The quantitative estimate of drug-likeness (QED) is 0.708. The van der Waals surface area contributed by atoms with Crippen molar-refractivity contribution in [3.8, 4) is 22.5 Å². The molecule has 1 aromatic carbocycles. The van der Waals surface area contributed by atoms with Gasteiger partial charge in [-0.25, -0.2) is 14.4 Å². The molecule has 0 bridgehead atoms. The van der Waals surface area contributed by atoms with Crippen LogP contribution >= 0.6 is 0 Å². The molecule has 29 heavy (non-hydrogen) atoms. The molecule has 0 spiro atoms. The molecule has 1 saturated heterocycles. The van der Waals surface area contributed by atoms with Gasteiger partial charge >= 0.3 is 0 Å². The number of hydrogen-bond acceptors (Lipinski definition) is 5. The van der Waals surface area contributed by atoms with E-state index in [-0.39, 0.29) is 17.6 Å². The van der Waals surface area contributed by atoms with E-state index >= 15 is 0 Å². The van der Waals surface area contributed by atoms with Gasteiger partial charge in [-0.15, -0.1) is 0 Å². The van der Waals surface area contributed by atoms with Crippen LogP contribution in [0.25, 0.3) is 22.5 Å². The molecule has 0 aliphatic carbocycles. The SMILES string of the molecule is Cc1cc(-c2n[nH]c(C3CCN(C(=O)CO)CC3)c2-c2ccncn2)ccc1F. The number of aromatic nitrogens is 4. The van der Waals surface area contributed by atoms with E-state index in [1.807, 2.05) is 6.07 Å². The van der Waals surface area contributed by atoms with Gasteiger partial charge in [0.15, 0.2) is 0 Å². The van der Waals surface area contributed by atoms with Crippen molar-refractivity contribution in [2.24, 2.45) is 0 Å². The fourth-order valence-corrected chi connectivity index (χ4v) is 3.87. The molecule has 2 aromatic heterocycles. The third kappa shape index (κ3) is 3.75. The van der Waals surface area contributed by atoms with Crippen LogP contribution in [0.15, 0.2) is 36.8 Å². The normalized spacial score (nSPS) is 14.9. The number of piperidine rings is 1. The van der Waals surface area contributed by atoms with E-state index in [0.29, 0.717) is 18.7 Å². The monoisotopic (exact) mass is 395 g/mol. The first-order chi connectivity index (χ1) is 14.1. The van der Waals surface area contributed by atoms with E-state index in [0.717, 1.165) is 41.1 Å². The number of H-pyrrole nitrogens is 1. The van der Waals surface area contributed by atoms with Crippen molar-refractivity contribution in [2.75, 3.05) is 19.7 Å². The minimum absolute atomic E-state index is 0.172. The first-order valence-corrected chi connectivity index (χ1v) is 9.58. The molecule has 0 saturated carbocycles. The number of hydrogen-bond donors (Lipinski definition) is 2. The van der Waals surface area contributed by atoms with Gasteiger partial charge in [-0.05, 0) is 49.6 Å². The van der Waals surface area contributed by atoms with Gasteiger partial charge in [0.1, 0.15) is 24.4 Å². The molecule has 0 unspecified atom stereocenters. The molecule has 3 aromatic rings. The first kappa shape index (κ1) is 19.2. The Morgan fingerprint density at radius 2 is 2.10 bits per heavy atom. The Kier molecular flexibility index (Phi) is 5.35. The van der Waals surface area contributed by atoms with Crippen LogP contribution in [0.5, 0.6) is 0 Å². The lowest BCUT2D eigenvalue weighted by molar-refractivity contribution is -0.135. The van der Waals surface area contributed by atoms with Gasteiger partial charge in [-0.2, -0.15) is 5.10 Å². The second-order valence-electron chi connectivity index (χ2n) is 7.23. The number of carbonyl (C=O) groups excluding carboxylic acids is 1. The van der Waals surface area contributed by atoms with Crippen molar-refractivity contribution in [1.82, 2.24) is 25.1 Å². The number of carbonyl (C=O) groups is 1. The molecule has 2 N–H and O–H groups in total. The second kappa shape index (κ2) is 8.08. The number of halogens is 1. The highest BCUT2D eigenvalue weighted by atomic mass is 19.1. The maximum atomic E-state index is 13.8. The minimum atomic E-state index is -0.463. The number of nitrogens with one attached hydrogen (secondary N) is 1. The number of likely N-dealkylation sites (tertiary alicyclic amines) is 1. The fraction of sp³-hybridized carbons (Fsp3) is 0.333. The molecule has 0 atom stereocenters. The van der Waals surface area contributed by atoms with Crippen LogP contribution in [0.2, 0.25) is 0 Å². The zero-order valence-corrected chi connectivity index (χ0v) is 16.1. The molecule has 1 aliphatic heterocycles. The number of amides is 1. The number of rotatable bonds is 4. The highest BCUT2D eigenvalue weighted by Crippen LogP contribution is 2.39. The molecule has 1 fully saturated rings. The van der Waals surface area contributed by atoms with E-state index in [4.69, 9.17) is 5.11 Å². The summed E-state index contributed by atoms with van der Waals surface area (Å²) in [5.41, 5.74) is 4.66. The molecule has 1 amide bonds. The fourth-order valence-electron chi connectivity index (χ4n) is 3.87.